The van der Waals surface area contributed by atoms with Crippen LogP contribution in [0.5, 0.6) is 0 Å². The molecule has 0 bridgehead atoms. The van der Waals surface area contributed by atoms with Crippen LogP contribution in [0, 0.1) is 23.0 Å². The predicted molar refractivity (Wildman–Crippen MR) is 132 cm³/mol. The van der Waals surface area contributed by atoms with Crippen molar-refractivity contribution in [1.82, 2.24) is 19.7 Å². The van der Waals surface area contributed by atoms with Gasteiger partial charge in [-0.1, -0.05) is 12.1 Å². The molecule has 6 nitrogen and oxygen atoms in total. The quantitative estimate of drug-likeness (QED) is 0.598. The third kappa shape index (κ3) is 4.39. The van der Waals surface area contributed by atoms with E-state index in [0.717, 1.165) is 43.4 Å². The Morgan fingerprint density at radius 1 is 0.889 bits per heavy atom. The van der Waals surface area contributed by atoms with Crippen LogP contribution in [-0.2, 0) is 11.3 Å². The highest BCUT2D eigenvalue weighted by molar-refractivity contribution is 5.98. The average Bonchev–Trinajstić information content (AvgIpc) is 3.40. The monoisotopic (exact) mass is 492 g/mol. The zero-order valence-electron chi connectivity index (χ0n) is 20.2. The molecular formula is C28H30F2N4O2. The van der Waals surface area contributed by atoms with Gasteiger partial charge in [0.1, 0.15) is 17.3 Å². The Kier molecular flexibility index (Phi) is 5.79. The van der Waals surface area contributed by atoms with Crippen molar-refractivity contribution >= 4 is 22.7 Å². The number of carbonyl (C=O) groups is 2. The van der Waals surface area contributed by atoms with Crippen LogP contribution in [0.25, 0.3) is 10.9 Å². The molecule has 2 aromatic carbocycles. The van der Waals surface area contributed by atoms with Crippen LogP contribution < -0.4 is 0 Å². The normalized spacial score (nSPS) is 21.8. The van der Waals surface area contributed by atoms with Crippen LogP contribution in [0.2, 0.25) is 0 Å². The molecule has 0 radical (unpaired) electrons. The fourth-order valence-corrected chi connectivity index (χ4v) is 6.03. The van der Waals surface area contributed by atoms with Crippen LogP contribution in [-0.4, -0.2) is 70.8 Å². The maximum atomic E-state index is 13.5. The highest BCUT2D eigenvalue weighted by atomic mass is 19.1. The molecule has 3 aliphatic rings. The number of halogens is 2. The first-order chi connectivity index (χ1) is 17.4. The number of nitrogens with one attached hydrogen (secondary N) is 1. The third-order valence-corrected chi connectivity index (χ3v) is 8.33. The van der Waals surface area contributed by atoms with Gasteiger partial charge in [-0.05, 0) is 66.6 Å². The molecule has 36 heavy (non-hydrogen) atoms. The Bertz CT molecular complexity index is 1310. The first-order valence-corrected chi connectivity index (χ1v) is 12.7. The number of H-pyrrole nitrogens is 1. The molecular weight excluding hydrogens is 462 g/mol. The minimum absolute atomic E-state index is 0.0239. The lowest BCUT2D eigenvalue weighted by Gasteiger charge is -2.36. The standard InChI is InChI=1S/C28H30F2N4O2/c29-21-3-1-2-19(14-21)18-32-10-12-34(13-11-32)26(35)23-17-28(23)6-8-33(9-7-28)27(36)25-16-20-15-22(30)4-5-24(20)31-25/h1-5,14-16,23,31H,6-13,17-18H2/t23-/m1/s1. The number of aromatic amines is 1. The number of benzene rings is 2. The summed E-state index contributed by atoms with van der Waals surface area (Å²) in [4.78, 5) is 35.5. The van der Waals surface area contributed by atoms with Crippen molar-refractivity contribution in [3.8, 4) is 0 Å². The lowest BCUT2D eigenvalue weighted by molar-refractivity contribution is -0.135. The van der Waals surface area contributed by atoms with E-state index in [1.807, 2.05) is 15.9 Å². The summed E-state index contributed by atoms with van der Waals surface area (Å²) in [5.41, 5.74) is 2.20. The number of hydrogen-bond donors (Lipinski definition) is 1. The number of nitrogens with zero attached hydrogens (tertiary/aromatic N) is 3. The van der Waals surface area contributed by atoms with Gasteiger partial charge in [-0.2, -0.15) is 0 Å². The molecule has 188 valence electrons. The first kappa shape index (κ1) is 23.2. The van der Waals surface area contributed by atoms with E-state index in [-0.39, 0.29) is 34.8 Å². The number of piperazine rings is 1. The smallest absolute Gasteiger partial charge is 0.270 e. The highest BCUT2D eigenvalue weighted by Gasteiger charge is 2.59. The molecule has 1 N–H and O–H groups in total. The molecule has 2 saturated heterocycles. The molecule has 8 heteroatoms. The minimum atomic E-state index is -0.321. The van der Waals surface area contributed by atoms with Gasteiger partial charge < -0.3 is 14.8 Å². The van der Waals surface area contributed by atoms with E-state index in [2.05, 4.69) is 9.88 Å². The predicted octanol–water partition coefficient (Wildman–Crippen LogP) is 4.03. The topological polar surface area (TPSA) is 59.7 Å². The SMILES string of the molecule is O=C(c1cc2cc(F)ccc2[nH]1)N1CCC2(CC1)C[C@@H]2C(=O)N1CCN(Cc2cccc(F)c2)CC1. The molecule has 2 amide bonds. The second-order valence-electron chi connectivity index (χ2n) is 10.6. The molecule has 1 saturated carbocycles. The molecule has 3 fully saturated rings. The Morgan fingerprint density at radius 2 is 1.64 bits per heavy atom. The van der Waals surface area contributed by atoms with E-state index in [0.29, 0.717) is 43.8 Å². The maximum Gasteiger partial charge on any atom is 0.270 e. The lowest BCUT2D eigenvalue weighted by atomic mass is 9.90. The summed E-state index contributed by atoms with van der Waals surface area (Å²) in [7, 11) is 0. The number of amides is 2. The largest absolute Gasteiger partial charge is 0.351 e. The van der Waals surface area contributed by atoms with Gasteiger partial charge in [0.15, 0.2) is 0 Å². The van der Waals surface area contributed by atoms with Gasteiger partial charge in [0, 0.05) is 62.6 Å². The summed E-state index contributed by atoms with van der Waals surface area (Å²) in [5.74, 6) is -0.305. The van der Waals surface area contributed by atoms with Gasteiger partial charge in [-0.15, -0.1) is 0 Å². The summed E-state index contributed by atoms with van der Waals surface area (Å²) >= 11 is 0. The number of aromatic nitrogens is 1. The van der Waals surface area contributed by atoms with Crippen LogP contribution in [0.15, 0.2) is 48.5 Å². The summed E-state index contributed by atoms with van der Waals surface area (Å²) in [6.07, 6.45) is 2.58. The Hall–Kier alpha value is -3.26. The maximum absolute atomic E-state index is 13.5. The molecule has 2 aliphatic heterocycles. The van der Waals surface area contributed by atoms with Gasteiger partial charge in [-0.25, -0.2) is 8.78 Å². The number of rotatable bonds is 4. The van der Waals surface area contributed by atoms with Gasteiger partial charge in [0.25, 0.3) is 5.91 Å². The van der Waals surface area contributed by atoms with Crippen molar-refractivity contribution < 1.29 is 18.4 Å². The van der Waals surface area contributed by atoms with Crippen molar-refractivity contribution in [2.75, 3.05) is 39.3 Å². The average molecular weight is 493 g/mol. The molecule has 1 aromatic heterocycles. The lowest BCUT2D eigenvalue weighted by Crippen LogP contribution is -2.49. The van der Waals surface area contributed by atoms with Crippen molar-refractivity contribution in [3.63, 3.8) is 0 Å². The second-order valence-corrected chi connectivity index (χ2v) is 10.6. The van der Waals surface area contributed by atoms with E-state index in [1.54, 1.807) is 24.3 Å². The van der Waals surface area contributed by atoms with Crippen molar-refractivity contribution in [2.24, 2.45) is 11.3 Å². The Morgan fingerprint density at radius 3 is 2.39 bits per heavy atom. The molecule has 3 heterocycles. The fraction of sp³-hybridized carbons (Fsp3) is 0.429. The van der Waals surface area contributed by atoms with Crippen molar-refractivity contribution in [2.45, 2.75) is 25.8 Å². The van der Waals surface area contributed by atoms with Crippen LogP contribution in [0.3, 0.4) is 0 Å². The van der Waals surface area contributed by atoms with Crippen molar-refractivity contribution in [3.05, 3.63) is 71.4 Å². The molecule has 0 unspecified atom stereocenters. The summed E-state index contributed by atoms with van der Waals surface area (Å²) in [5, 5.41) is 0.690. The summed E-state index contributed by atoms with van der Waals surface area (Å²) in [6, 6.07) is 12.9. The molecule has 1 spiro atoms. The zero-order chi connectivity index (χ0) is 24.9. The van der Waals surface area contributed by atoms with Crippen LogP contribution >= 0.6 is 0 Å². The third-order valence-electron chi connectivity index (χ3n) is 8.33. The molecule has 1 aliphatic carbocycles. The summed E-state index contributed by atoms with van der Waals surface area (Å²) < 4.78 is 27.0. The van der Waals surface area contributed by atoms with E-state index < -0.39 is 0 Å². The highest BCUT2D eigenvalue weighted by Crippen LogP contribution is 2.60. The van der Waals surface area contributed by atoms with E-state index in [1.165, 1.54) is 18.2 Å². The fourth-order valence-electron chi connectivity index (χ4n) is 6.03. The number of piperidine rings is 1. The van der Waals surface area contributed by atoms with E-state index in [4.69, 9.17) is 0 Å². The number of hydrogen-bond acceptors (Lipinski definition) is 3. The number of likely N-dealkylation sites (tertiary alicyclic amines) is 1. The molecule has 1 atom stereocenters. The Balaban J connectivity index is 1.00. The van der Waals surface area contributed by atoms with Crippen LogP contribution in [0.4, 0.5) is 8.78 Å². The van der Waals surface area contributed by atoms with Gasteiger partial charge in [-0.3, -0.25) is 14.5 Å². The van der Waals surface area contributed by atoms with Gasteiger partial charge in [0.05, 0.1) is 0 Å². The first-order valence-electron chi connectivity index (χ1n) is 12.7. The van der Waals surface area contributed by atoms with Gasteiger partial charge >= 0.3 is 0 Å². The number of fused-ring (bicyclic) bond motifs is 1. The van der Waals surface area contributed by atoms with Gasteiger partial charge in [0.2, 0.25) is 5.91 Å². The minimum Gasteiger partial charge on any atom is -0.351 e. The number of carbonyl (C=O) groups excluding carboxylic acids is 2. The molecule has 6 rings (SSSR count). The van der Waals surface area contributed by atoms with Crippen molar-refractivity contribution in [1.29, 1.82) is 0 Å². The van der Waals surface area contributed by atoms with Crippen LogP contribution in [0.1, 0.15) is 35.3 Å². The summed E-state index contributed by atoms with van der Waals surface area (Å²) in [6.45, 7) is 4.94. The van der Waals surface area contributed by atoms with E-state index >= 15 is 0 Å². The zero-order valence-corrected chi connectivity index (χ0v) is 20.2. The second kappa shape index (κ2) is 9.00. The molecule has 3 aromatic rings. The van der Waals surface area contributed by atoms with E-state index in [9.17, 15) is 18.4 Å². The Labute approximate surface area is 208 Å².